The molecule has 0 aliphatic carbocycles. The molecule has 1 aromatic rings. The molecule has 0 saturated heterocycles. The summed E-state index contributed by atoms with van der Waals surface area (Å²) in [5.74, 6) is -0.334. The van der Waals surface area contributed by atoms with E-state index in [1.165, 1.54) is 0 Å². The van der Waals surface area contributed by atoms with Crippen molar-refractivity contribution in [1.29, 1.82) is 0 Å². The SMILES string of the molecule is Nc1cccc(C(=O)OCCCCCCO)c1. The standard InChI is InChI=1S/C13H19NO3/c14-12-7-5-6-11(10-12)13(16)17-9-4-2-1-3-8-15/h5-7,10,15H,1-4,8-9,14H2. The molecule has 0 aliphatic rings. The van der Waals surface area contributed by atoms with Crippen LogP contribution in [-0.2, 0) is 4.74 Å². The topological polar surface area (TPSA) is 72.6 Å². The molecule has 0 unspecified atom stereocenters. The molecule has 0 aromatic heterocycles. The summed E-state index contributed by atoms with van der Waals surface area (Å²) >= 11 is 0. The number of carbonyl (C=O) groups is 1. The van der Waals surface area contributed by atoms with Crippen LogP contribution in [0.5, 0.6) is 0 Å². The fourth-order valence-electron chi connectivity index (χ4n) is 1.48. The smallest absolute Gasteiger partial charge is 0.338 e. The largest absolute Gasteiger partial charge is 0.462 e. The number of rotatable bonds is 7. The number of aliphatic hydroxyl groups is 1. The van der Waals surface area contributed by atoms with Gasteiger partial charge in [0.2, 0.25) is 0 Å². The summed E-state index contributed by atoms with van der Waals surface area (Å²) in [5.41, 5.74) is 6.62. The number of nitrogens with two attached hydrogens (primary N) is 1. The van der Waals surface area contributed by atoms with Gasteiger partial charge in [-0.25, -0.2) is 4.79 Å². The van der Waals surface area contributed by atoms with E-state index in [0.717, 1.165) is 25.7 Å². The molecule has 1 aromatic carbocycles. The van der Waals surface area contributed by atoms with Crippen molar-refractivity contribution in [2.24, 2.45) is 0 Å². The Morgan fingerprint density at radius 2 is 2.00 bits per heavy atom. The number of anilines is 1. The Labute approximate surface area is 101 Å². The Morgan fingerprint density at radius 1 is 1.24 bits per heavy atom. The predicted molar refractivity (Wildman–Crippen MR) is 66.7 cm³/mol. The third kappa shape index (κ3) is 5.36. The van der Waals surface area contributed by atoms with Crippen molar-refractivity contribution in [2.75, 3.05) is 18.9 Å². The van der Waals surface area contributed by atoms with E-state index in [-0.39, 0.29) is 12.6 Å². The number of aliphatic hydroxyl groups excluding tert-OH is 1. The van der Waals surface area contributed by atoms with E-state index in [9.17, 15) is 4.79 Å². The molecule has 0 amide bonds. The monoisotopic (exact) mass is 237 g/mol. The van der Waals surface area contributed by atoms with Gasteiger partial charge in [-0.15, -0.1) is 0 Å². The molecular formula is C13H19NO3. The van der Waals surface area contributed by atoms with Gasteiger partial charge in [0.15, 0.2) is 0 Å². The molecule has 1 rings (SSSR count). The zero-order chi connectivity index (χ0) is 12.5. The second-order valence-corrected chi connectivity index (χ2v) is 3.90. The van der Waals surface area contributed by atoms with Crippen LogP contribution < -0.4 is 5.73 Å². The summed E-state index contributed by atoms with van der Waals surface area (Å²) in [6, 6.07) is 6.75. The molecule has 0 saturated carbocycles. The molecule has 0 bridgehead atoms. The van der Waals surface area contributed by atoms with Gasteiger partial charge in [-0.2, -0.15) is 0 Å². The molecule has 3 N–H and O–H groups in total. The first kappa shape index (κ1) is 13.5. The van der Waals surface area contributed by atoms with Crippen molar-refractivity contribution in [2.45, 2.75) is 25.7 Å². The van der Waals surface area contributed by atoms with Gasteiger partial charge >= 0.3 is 5.97 Å². The minimum atomic E-state index is -0.334. The quantitative estimate of drug-likeness (QED) is 0.432. The molecule has 94 valence electrons. The average Bonchev–Trinajstić information content (AvgIpc) is 2.33. The van der Waals surface area contributed by atoms with Gasteiger partial charge < -0.3 is 15.6 Å². The zero-order valence-electron chi connectivity index (χ0n) is 9.89. The number of benzene rings is 1. The summed E-state index contributed by atoms with van der Waals surface area (Å²) in [7, 11) is 0. The fourth-order valence-corrected chi connectivity index (χ4v) is 1.48. The molecule has 0 spiro atoms. The molecule has 0 radical (unpaired) electrons. The highest BCUT2D eigenvalue weighted by Crippen LogP contribution is 2.08. The number of hydrogen-bond donors (Lipinski definition) is 2. The minimum absolute atomic E-state index is 0.225. The average molecular weight is 237 g/mol. The van der Waals surface area contributed by atoms with Crippen molar-refractivity contribution in [3.63, 3.8) is 0 Å². The lowest BCUT2D eigenvalue weighted by molar-refractivity contribution is 0.0497. The normalized spacial score (nSPS) is 10.2. The summed E-state index contributed by atoms with van der Waals surface area (Å²) in [5, 5.41) is 8.59. The molecule has 4 heteroatoms. The first-order chi connectivity index (χ1) is 8.24. The van der Waals surface area contributed by atoms with E-state index in [1.54, 1.807) is 24.3 Å². The summed E-state index contributed by atoms with van der Waals surface area (Å²) in [4.78, 5) is 11.6. The van der Waals surface area contributed by atoms with Crippen LogP contribution in [0.15, 0.2) is 24.3 Å². The number of esters is 1. The third-order valence-corrected chi connectivity index (χ3v) is 2.41. The highest BCUT2D eigenvalue weighted by molar-refractivity contribution is 5.90. The number of carbonyl (C=O) groups excluding carboxylic acids is 1. The van der Waals surface area contributed by atoms with E-state index in [0.29, 0.717) is 17.9 Å². The maximum absolute atomic E-state index is 11.6. The van der Waals surface area contributed by atoms with Crippen molar-refractivity contribution in [3.8, 4) is 0 Å². The minimum Gasteiger partial charge on any atom is -0.462 e. The lowest BCUT2D eigenvalue weighted by Gasteiger charge is -2.05. The van der Waals surface area contributed by atoms with Crippen LogP contribution >= 0.6 is 0 Å². The van der Waals surface area contributed by atoms with Crippen molar-refractivity contribution < 1.29 is 14.6 Å². The van der Waals surface area contributed by atoms with E-state index in [2.05, 4.69) is 0 Å². The van der Waals surface area contributed by atoms with Crippen molar-refractivity contribution in [1.82, 2.24) is 0 Å². The summed E-state index contributed by atoms with van der Waals surface area (Å²) < 4.78 is 5.11. The van der Waals surface area contributed by atoms with Gasteiger partial charge in [-0.1, -0.05) is 12.5 Å². The van der Waals surface area contributed by atoms with Crippen molar-refractivity contribution >= 4 is 11.7 Å². The lowest BCUT2D eigenvalue weighted by Crippen LogP contribution is -2.06. The first-order valence-electron chi connectivity index (χ1n) is 5.87. The van der Waals surface area contributed by atoms with Crippen LogP contribution in [-0.4, -0.2) is 24.3 Å². The van der Waals surface area contributed by atoms with Gasteiger partial charge in [0.05, 0.1) is 12.2 Å². The molecular weight excluding hydrogens is 218 g/mol. The fraction of sp³-hybridized carbons (Fsp3) is 0.462. The maximum atomic E-state index is 11.6. The maximum Gasteiger partial charge on any atom is 0.338 e. The molecule has 0 aliphatic heterocycles. The number of hydrogen-bond acceptors (Lipinski definition) is 4. The van der Waals surface area contributed by atoms with E-state index >= 15 is 0 Å². The number of ether oxygens (including phenoxy) is 1. The van der Waals surface area contributed by atoms with Crippen LogP contribution in [0.2, 0.25) is 0 Å². The Morgan fingerprint density at radius 3 is 2.71 bits per heavy atom. The van der Waals surface area contributed by atoms with Gasteiger partial charge in [0, 0.05) is 12.3 Å². The Balaban J connectivity index is 2.21. The van der Waals surface area contributed by atoms with Crippen LogP contribution in [0.4, 0.5) is 5.69 Å². The van der Waals surface area contributed by atoms with Gasteiger partial charge in [-0.3, -0.25) is 0 Å². The van der Waals surface area contributed by atoms with Gasteiger partial charge in [-0.05, 0) is 37.5 Å². The second-order valence-electron chi connectivity index (χ2n) is 3.90. The van der Waals surface area contributed by atoms with Crippen LogP contribution in [0, 0.1) is 0 Å². The highest BCUT2D eigenvalue weighted by Gasteiger charge is 2.06. The molecule has 0 atom stereocenters. The molecule has 17 heavy (non-hydrogen) atoms. The molecule has 4 nitrogen and oxygen atoms in total. The van der Waals surface area contributed by atoms with E-state index < -0.39 is 0 Å². The summed E-state index contributed by atoms with van der Waals surface area (Å²) in [6.45, 7) is 0.641. The lowest BCUT2D eigenvalue weighted by atomic mass is 10.2. The highest BCUT2D eigenvalue weighted by atomic mass is 16.5. The van der Waals surface area contributed by atoms with Crippen LogP contribution in [0.25, 0.3) is 0 Å². The zero-order valence-corrected chi connectivity index (χ0v) is 9.89. The van der Waals surface area contributed by atoms with E-state index in [1.807, 2.05) is 0 Å². The van der Waals surface area contributed by atoms with Crippen molar-refractivity contribution in [3.05, 3.63) is 29.8 Å². The Kier molecular flexibility index (Phi) is 6.10. The predicted octanol–water partition coefficient (Wildman–Crippen LogP) is 1.98. The number of nitrogen functional groups attached to an aromatic ring is 1. The van der Waals surface area contributed by atoms with Gasteiger partial charge in [0.25, 0.3) is 0 Å². The van der Waals surface area contributed by atoms with Crippen LogP contribution in [0.1, 0.15) is 36.0 Å². The molecule has 0 fully saturated rings. The molecule has 0 heterocycles. The number of unbranched alkanes of at least 4 members (excludes halogenated alkanes) is 3. The van der Waals surface area contributed by atoms with Gasteiger partial charge in [0.1, 0.15) is 0 Å². The van der Waals surface area contributed by atoms with E-state index in [4.69, 9.17) is 15.6 Å². The summed E-state index contributed by atoms with van der Waals surface area (Å²) in [6.07, 6.45) is 3.56. The Hall–Kier alpha value is -1.55. The van der Waals surface area contributed by atoms with Crippen LogP contribution in [0.3, 0.4) is 0 Å². The first-order valence-corrected chi connectivity index (χ1v) is 5.87. The third-order valence-electron chi connectivity index (χ3n) is 2.41. The second kappa shape index (κ2) is 7.68. The Bertz CT molecular complexity index is 352.